The van der Waals surface area contributed by atoms with E-state index in [1.54, 1.807) is 0 Å². The fourth-order valence-electron chi connectivity index (χ4n) is 7.96. The maximum atomic E-state index is 14.1. The highest BCUT2D eigenvalue weighted by atomic mass is 16.4. The molecule has 0 aromatic heterocycles. The monoisotopic (exact) mass is 472 g/mol. The number of rotatable bonds is 12. The summed E-state index contributed by atoms with van der Waals surface area (Å²) in [6, 6.07) is 0. The van der Waals surface area contributed by atoms with Crippen LogP contribution in [-0.2, 0) is 9.59 Å². The van der Waals surface area contributed by atoms with Crippen LogP contribution in [0.25, 0.3) is 0 Å². The van der Waals surface area contributed by atoms with Crippen molar-refractivity contribution in [1.29, 1.82) is 0 Å². The van der Waals surface area contributed by atoms with Gasteiger partial charge in [0, 0.05) is 17.8 Å². The topological polar surface area (TPSA) is 74.6 Å². The minimum atomic E-state index is -1.01. The van der Waals surface area contributed by atoms with E-state index >= 15 is 0 Å². The lowest BCUT2D eigenvalue weighted by Crippen LogP contribution is -2.46. The highest BCUT2D eigenvalue weighted by Crippen LogP contribution is 2.73. The third-order valence-corrected chi connectivity index (χ3v) is 9.87. The van der Waals surface area contributed by atoms with E-state index in [1.165, 1.54) is 6.42 Å². The van der Waals surface area contributed by atoms with Gasteiger partial charge in [0.25, 0.3) is 0 Å². The molecule has 7 unspecified atom stereocenters. The van der Waals surface area contributed by atoms with Crippen LogP contribution in [0.1, 0.15) is 98.8 Å². The molecule has 3 fully saturated rings. The van der Waals surface area contributed by atoms with Gasteiger partial charge in [-0.2, -0.15) is 0 Å². The highest BCUT2D eigenvalue weighted by Gasteiger charge is 2.71. The fraction of sp³-hybridized carbons (Fsp3) is 0.800. The van der Waals surface area contributed by atoms with Crippen LogP contribution in [0.15, 0.2) is 24.3 Å². The van der Waals surface area contributed by atoms with Crippen LogP contribution in [0.3, 0.4) is 0 Å². The zero-order valence-corrected chi connectivity index (χ0v) is 22.2. The second kappa shape index (κ2) is 10.3. The van der Waals surface area contributed by atoms with E-state index in [0.29, 0.717) is 18.3 Å². The summed E-state index contributed by atoms with van der Waals surface area (Å²) < 4.78 is 0. The normalized spacial score (nSPS) is 31.7. The van der Waals surface area contributed by atoms with Crippen molar-refractivity contribution in [3.05, 3.63) is 24.3 Å². The van der Waals surface area contributed by atoms with Gasteiger partial charge < -0.3 is 10.2 Å². The second-order valence-electron chi connectivity index (χ2n) is 12.7. The molecule has 0 bridgehead atoms. The summed E-state index contributed by atoms with van der Waals surface area (Å²) in [6.45, 7) is 18.9. The number of hydrogen-bond donors (Lipinski definition) is 2. The Morgan fingerprint density at radius 3 is 2.29 bits per heavy atom. The molecule has 3 rings (SSSR count). The summed E-state index contributed by atoms with van der Waals surface area (Å²) in [5.74, 6) is -0.492. The largest absolute Gasteiger partial charge is 0.481 e. The van der Waals surface area contributed by atoms with Crippen LogP contribution >= 0.6 is 0 Å². The Bertz CT molecular complexity index is 801. The molecule has 0 heterocycles. The summed E-state index contributed by atoms with van der Waals surface area (Å²) in [7, 11) is 0. The first-order valence-electron chi connectivity index (χ1n) is 13.6. The van der Waals surface area contributed by atoms with Crippen LogP contribution in [-0.4, -0.2) is 27.6 Å². The van der Waals surface area contributed by atoms with Crippen molar-refractivity contribution in [3.8, 4) is 0 Å². The van der Waals surface area contributed by atoms with Gasteiger partial charge in [0.15, 0.2) is 0 Å². The molecule has 192 valence electrons. The summed E-state index contributed by atoms with van der Waals surface area (Å²) in [5.41, 5.74) is 1.08. The second-order valence-corrected chi connectivity index (χ2v) is 12.7. The first-order valence-corrected chi connectivity index (χ1v) is 13.6. The maximum absolute atomic E-state index is 14.1. The van der Waals surface area contributed by atoms with Gasteiger partial charge in [-0.05, 0) is 80.6 Å². The SMILES string of the molecule is C=C(C)C(=C)C(CCC)CC(C)(O)C1C(C(=O)C(CC(=O)O)C2CCCCC2)CC2C1C2(C)C. The van der Waals surface area contributed by atoms with E-state index in [9.17, 15) is 19.8 Å². The Balaban J connectivity index is 1.89. The Hall–Kier alpha value is -1.42. The first kappa shape index (κ1) is 27.2. The number of aliphatic carboxylic acids is 1. The third kappa shape index (κ3) is 5.37. The van der Waals surface area contributed by atoms with E-state index in [2.05, 4.69) is 33.9 Å². The highest BCUT2D eigenvalue weighted by molar-refractivity contribution is 5.88. The van der Waals surface area contributed by atoms with Gasteiger partial charge in [-0.1, -0.05) is 65.2 Å². The van der Waals surface area contributed by atoms with E-state index in [1.807, 2.05) is 13.8 Å². The number of carbonyl (C=O) groups is 2. The van der Waals surface area contributed by atoms with Crippen molar-refractivity contribution >= 4 is 11.8 Å². The first-order chi connectivity index (χ1) is 15.8. The Morgan fingerprint density at radius 2 is 1.76 bits per heavy atom. The zero-order chi connectivity index (χ0) is 25.4. The number of carbonyl (C=O) groups excluding carboxylic acids is 1. The van der Waals surface area contributed by atoms with Crippen LogP contribution in [0.5, 0.6) is 0 Å². The molecule has 34 heavy (non-hydrogen) atoms. The number of aliphatic hydroxyl groups is 1. The molecule has 4 heteroatoms. The van der Waals surface area contributed by atoms with Crippen molar-refractivity contribution in [3.63, 3.8) is 0 Å². The number of ketones is 1. The standard InChI is InChI=1S/C30H48O4/c1-8-12-21(19(4)18(2)3)17-30(7,34)26-23(15-24-27(26)29(24,5)6)28(33)22(16-25(31)32)20-13-10-9-11-14-20/h20-24,26-27,34H,2,4,8-17H2,1,3,5-7H3,(H,31,32). The van der Waals surface area contributed by atoms with Gasteiger partial charge in [-0.3, -0.25) is 9.59 Å². The van der Waals surface area contributed by atoms with Gasteiger partial charge in [0.2, 0.25) is 0 Å². The molecule has 3 aliphatic carbocycles. The number of hydrogen-bond acceptors (Lipinski definition) is 3. The molecule has 2 N–H and O–H groups in total. The molecule has 7 atom stereocenters. The van der Waals surface area contributed by atoms with Crippen LogP contribution in [0, 0.1) is 46.8 Å². The summed E-state index contributed by atoms with van der Waals surface area (Å²) >= 11 is 0. The number of fused-ring (bicyclic) bond motifs is 1. The minimum Gasteiger partial charge on any atom is -0.481 e. The predicted octanol–water partition coefficient (Wildman–Crippen LogP) is 6.82. The maximum Gasteiger partial charge on any atom is 0.304 e. The number of carboxylic acid groups (broad SMARTS) is 1. The lowest BCUT2D eigenvalue weighted by molar-refractivity contribution is -0.145. The third-order valence-electron chi connectivity index (χ3n) is 9.87. The number of allylic oxidation sites excluding steroid dienone is 2. The number of carboxylic acids is 1. The number of Topliss-reactive ketones (excluding diaryl/α,β-unsaturated/α-hetero) is 1. The van der Waals surface area contributed by atoms with Crippen LogP contribution in [0.2, 0.25) is 0 Å². The van der Waals surface area contributed by atoms with Gasteiger partial charge in [0.1, 0.15) is 5.78 Å². The molecule has 0 aromatic rings. The molecule has 0 radical (unpaired) electrons. The van der Waals surface area contributed by atoms with E-state index in [-0.39, 0.29) is 41.3 Å². The Labute approximate surface area is 207 Å². The Kier molecular flexibility index (Phi) is 8.22. The van der Waals surface area contributed by atoms with E-state index < -0.39 is 17.5 Å². The molecular formula is C30H48O4. The van der Waals surface area contributed by atoms with E-state index in [4.69, 9.17) is 0 Å². The molecule has 4 nitrogen and oxygen atoms in total. The molecule has 0 aliphatic heterocycles. The summed E-state index contributed by atoms with van der Waals surface area (Å²) in [5, 5.41) is 21.7. The zero-order valence-electron chi connectivity index (χ0n) is 22.2. The van der Waals surface area contributed by atoms with Crippen molar-refractivity contribution in [2.45, 2.75) is 104 Å². The summed E-state index contributed by atoms with van der Waals surface area (Å²) in [4.78, 5) is 25.8. The average Bonchev–Trinajstić information content (AvgIpc) is 3.11. The molecule has 3 aliphatic rings. The van der Waals surface area contributed by atoms with Crippen molar-refractivity contribution in [2.24, 2.45) is 46.8 Å². The van der Waals surface area contributed by atoms with E-state index in [0.717, 1.165) is 56.1 Å². The molecule has 0 spiro atoms. The van der Waals surface area contributed by atoms with Crippen LogP contribution in [0.4, 0.5) is 0 Å². The van der Waals surface area contributed by atoms with Crippen molar-refractivity contribution < 1.29 is 19.8 Å². The predicted molar refractivity (Wildman–Crippen MR) is 137 cm³/mol. The lowest BCUT2D eigenvalue weighted by Gasteiger charge is -2.41. The van der Waals surface area contributed by atoms with Crippen molar-refractivity contribution in [2.75, 3.05) is 0 Å². The van der Waals surface area contributed by atoms with Gasteiger partial charge >= 0.3 is 5.97 Å². The smallest absolute Gasteiger partial charge is 0.304 e. The van der Waals surface area contributed by atoms with Gasteiger partial charge in [-0.25, -0.2) is 0 Å². The summed E-state index contributed by atoms with van der Waals surface area (Å²) in [6.07, 6.45) is 8.48. The van der Waals surface area contributed by atoms with Crippen molar-refractivity contribution in [1.82, 2.24) is 0 Å². The quantitative estimate of drug-likeness (QED) is 0.305. The lowest BCUT2D eigenvalue weighted by atomic mass is 9.65. The molecule has 0 saturated heterocycles. The van der Waals surface area contributed by atoms with Crippen LogP contribution < -0.4 is 0 Å². The molecule has 3 saturated carbocycles. The molecule has 0 aromatic carbocycles. The fourth-order valence-corrected chi connectivity index (χ4v) is 7.96. The molecule has 0 amide bonds. The van der Waals surface area contributed by atoms with Gasteiger partial charge in [-0.15, -0.1) is 0 Å². The molecular weight excluding hydrogens is 424 g/mol. The van der Waals surface area contributed by atoms with Gasteiger partial charge in [0.05, 0.1) is 12.0 Å². The average molecular weight is 473 g/mol. The minimum absolute atomic E-state index is 0.0709. The Morgan fingerprint density at radius 1 is 1.15 bits per heavy atom.